The molecule has 0 fully saturated rings. The van der Waals surface area contributed by atoms with Gasteiger partial charge in [-0.25, -0.2) is 0 Å². The number of nitrogens with two attached hydrogens (primary N) is 1. The van der Waals surface area contributed by atoms with E-state index in [0.717, 1.165) is 5.56 Å². The Morgan fingerprint density at radius 2 is 2.29 bits per heavy atom. The summed E-state index contributed by atoms with van der Waals surface area (Å²) < 4.78 is 10.5. The summed E-state index contributed by atoms with van der Waals surface area (Å²) in [4.78, 5) is 0. The van der Waals surface area contributed by atoms with Crippen LogP contribution < -0.4 is 10.5 Å². The highest BCUT2D eigenvalue weighted by atomic mass is 16.5. The number of rotatable bonds is 6. The minimum atomic E-state index is 0.402. The van der Waals surface area contributed by atoms with E-state index in [1.165, 1.54) is 0 Å². The van der Waals surface area contributed by atoms with Crippen LogP contribution in [0.1, 0.15) is 12.5 Å². The molecule has 0 spiro atoms. The van der Waals surface area contributed by atoms with Crippen LogP contribution in [0.3, 0.4) is 0 Å². The van der Waals surface area contributed by atoms with Crippen LogP contribution in [-0.4, -0.2) is 30.0 Å². The summed E-state index contributed by atoms with van der Waals surface area (Å²) in [7, 11) is 0. The van der Waals surface area contributed by atoms with Gasteiger partial charge in [0, 0.05) is 18.7 Å². The normalized spacial score (nSPS) is 10.1. The molecule has 0 atom stereocenters. The van der Waals surface area contributed by atoms with Crippen molar-refractivity contribution in [3.8, 4) is 5.88 Å². The molecule has 0 aliphatic carbocycles. The van der Waals surface area contributed by atoms with Gasteiger partial charge in [0.15, 0.2) is 0 Å². The highest BCUT2D eigenvalue weighted by Crippen LogP contribution is 2.11. The van der Waals surface area contributed by atoms with Crippen LogP contribution in [0, 0.1) is 0 Å². The van der Waals surface area contributed by atoms with Crippen molar-refractivity contribution in [2.75, 3.05) is 19.8 Å². The van der Waals surface area contributed by atoms with E-state index in [4.69, 9.17) is 15.2 Å². The largest absolute Gasteiger partial charge is 0.474 e. The molecule has 0 saturated carbocycles. The second-order valence-electron chi connectivity index (χ2n) is 2.61. The Labute approximate surface area is 83.2 Å². The van der Waals surface area contributed by atoms with E-state index in [1.54, 1.807) is 12.3 Å². The van der Waals surface area contributed by atoms with Crippen LogP contribution in [-0.2, 0) is 11.3 Å². The monoisotopic (exact) mass is 197 g/mol. The fraction of sp³-hybridized carbons (Fsp3) is 0.556. The highest BCUT2D eigenvalue weighted by Gasteiger charge is 2.02. The SMILES string of the molecule is CCOCCOc1nnccc1CN. The Kier molecular flexibility index (Phi) is 4.88. The minimum Gasteiger partial charge on any atom is -0.474 e. The Hall–Kier alpha value is -1.20. The average Bonchev–Trinajstić information content (AvgIpc) is 2.25. The molecule has 0 saturated heterocycles. The molecule has 2 N–H and O–H groups in total. The average molecular weight is 197 g/mol. The van der Waals surface area contributed by atoms with E-state index in [1.807, 2.05) is 6.92 Å². The van der Waals surface area contributed by atoms with Crippen LogP contribution in [0.15, 0.2) is 12.3 Å². The van der Waals surface area contributed by atoms with Gasteiger partial charge in [0.05, 0.1) is 12.8 Å². The van der Waals surface area contributed by atoms with E-state index < -0.39 is 0 Å². The highest BCUT2D eigenvalue weighted by molar-refractivity contribution is 5.22. The molecular formula is C9H15N3O2. The van der Waals surface area contributed by atoms with Crippen LogP contribution >= 0.6 is 0 Å². The first-order valence-corrected chi connectivity index (χ1v) is 4.59. The zero-order valence-corrected chi connectivity index (χ0v) is 8.27. The summed E-state index contributed by atoms with van der Waals surface area (Å²) in [5.74, 6) is 0.495. The first-order valence-electron chi connectivity index (χ1n) is 4.59. The van der Waals surface area contributed by atoms with Crippen molar-refractivity contribution in [3.63, 3.8) is 0 Å². The van der Waals surface area contributed by atoms with Gasteiger partial charge in [0.2, 0.25) is 5.88 Å². The molecule has 0 radical (unpaired) electrons. The molecule has 0 aliphatic rings. The van der Waals surface area contributed by atoms with Gasteiger partial charge in [-0.2, -0.15) is 5.10 Å². The second kappa shape index (κ2) is 6.28. The first kappa shape index (κ1) is 10.9. The molecular weight excluding hydrogens is 182 g/mol. The van der Waals surface area contributed by atoms with E-state index in [-0.39, 0.29) is 0 Å². The van der Waals surface area contributed by atoms with Crippen molar-refractivity contribution in [2.45, 2.75) is 13.5 Å². The zero-order chi connectivity index (χ0) is 10.2. The lowest BCUT2D eigenvalue weighted by Crippen LogP contribution is -2.10. The molecule has 0 aromatic carbocycles. The van der Waals surface area contributed by atoms with Gasteiger partial charge in [0.25, 0.3) is 0 Å². The maximum Gasteiger partial charge on any atom is 0.238 e. The Morgan fingerprint density at radius 3 is 3.00 bits per heavy atom. The van der Waals surface area contributed by atoms with E-state index in [0.29, 0.717) is 32.2 Å². The van der Waals surface area contributed by atoms with Crippen molar-refractivity contribution in [1.29, 1.82) is 0 Å². The lowest BCUT2D eigenvalue weighted by atomic mass is 10.3. The number of hydrogen-bond acceptors (Lipinski definition) is 5. The third-order valence-corrected chi connectivity index (χ3v) is 1.66. The molecule has 0 bridgehead atoms. The Balaban J connectivity index is 2.41. The van der Waals surface area contributed by atoms with E-state index >= 15 is 0 Å². The number of hydrogen-bond donors (Lipinski definition) is 1. The fourth-order valence-electron chi connectivity index (χ4n) is 0.963. The Morgan fingerprint density at radius 1 is 1.43 bits per heavy atom. The molecule has 78 valence electrons. The third-order valence-electron chi connectivity index (χ3n) is 1.66. The van der Waals surface area contributed by atoms with Crippen LogP contribution in [0.5, 0.6) is 5.88 Å². The van der Waals surface area contributed by atoms with E-state index in [9.17, 15) is 0 Å². The lowest BCUT2D eigenvalue weighted by molar-refractivity contribution is 0.107. The van der Waals surface area contributed by atoms with Crippen molar-refractivity contribution >= 4 is 0 Å². The molecule has 5 nitrogen and oxygen atoms in total. The summed E-state index contributed by atoms with van der Waals surface area (Å²) >= 11 is 0. The zero-order valence-electron chi connectivity index (χ0n) is 8.27. The molecule has 14 heavy (non-hydrogen) atoms. The molecule has 1 heterocycles. The smallest absolute Gasteiger partial charge is 0.238 e. The fourth-order valence-corrected chi connectivity index (χ4v) is 0.963. The van der Waals surface area contributed by atoms with Crippen LogP contribution in [0.25, 0.3) is 0 Å². The summed E-state index contributed by atoms with van der Waals surface area (Å²) in [5, 5.41) is 7.56. The Bertz CT molecular complexity index is 268. The standard InChI is InChI=1S/C9H15N3O2/c1-2-13-5-6-14-9-8(7-10)3-4-11-12-9/h3-4H,2,5-7,10H2,1H3. The summed E-state index contributed by atoms with van der Waals surface area (Å²) in [5.41, 5.74) is 6.36. The first-order chi connectivity index (χ1) is 6.88. The third kappa shape index (κ3) is 3.27. The van der Waals surface area contributed by atoms with Gasteiger partial charge in [-0.15, -0.1) is 5.10 Å². The van der Waals surface area contributed by atoms with Crippen molar-refractivity contribution in [3.05, 3.63) is 17.8 Å². The number of ether oxygens (including phenoxy) is 2. The predicted octanol–water partition coefficient (Wildman–Crippen LogP) is 0.351. The topological polar surface area (TPSA) is 70.3 Å². The van der Waals surface area contributed by atoms with Gasteiger partial charge in [0.1, 0.15) is 6.61 Å². The molecule has 0 unspecified atom stereocenters. The molecule has 0 aliphatic heterocycles. The van der Waals surface area contributed by atoms with Gasteiger partial charge >= 0.3 is 0 Å². The number of nitrogens with zero attached hydrogens (tertiary/aromatic N) is 2. The van der Waals surface area contributed by atoms with Crippen molar-refractivity contribution in [2.24, 2.45) is 5.73 Å². The predicted molar refractivity (Wildman–Crippen MR) is 51.9 cm³/mol. The van der Waals surface area contributed by atoms with Crippen molar-refractivity contribution in [1.82, 2.24) is 10.2 Å². The van der Waals surface area contributed by atoms with Crippen LogP contribution in [0.2, 0.25) is 0 Å². The molecule has 0 amide bonds. The van der Waals surface area contributed by atoms with Crippen molar-refractivity contribution < 1.29 is 9.47 Å². The molecule has 1 aromatic rings. The summed E-state index contributed by atoms with van der Waals surface area (Å²) in [6.07, 6.45) is 1.59. The summed E-state index contributed by atoms with van der Waals surface area (Å²) in [6.45, 7) is 4.05. The van der Waals surface area contributed by atoms with E-state index in [2.05, 4.69) is 10.2 Å². The maximum atomic E-state index is 5.50. The number of aromatic nitrogens is 2. The molecule has 1 rings (SSSR count). The van der Waals surface area contributed by atoms with Gasteiger partial charge in [-0.3, -0.25) is 0 Å². The molecule has 5 heteroatoms. The van der Waals surface area contributed by atoms with Crippen LogP contribution in [0.4, 0.5) is 0 Å². The quantitative estimate of drug-likeness (QED) is 0.666. The maximum absolute atomic E-state index is 5.50. The lowest BCUT2D eigenvalue weighted by Gasteiger charge is -2.07. The minimum absolute atomic E-state index is 0.402. The van der Waals surface area contributed by atoms with Gasteiger partial charge in [-0.05, 0) is 13.0 Å². The van der Waals surface area contributed by atoms with Gasteiger partial charge < -0.3 is 15.2 Å². The molecule has 1 aromatic heterocycles. The summed E-state index contributed by atoms with van der Waals surface area (Å²) in [6, 6.07) is 1.79. The van der Waals surface area contributed by atoms with Gasteiger partial charge in [-0.1, -0.05) is 0 Å². The second-order valence-corrected chi connectivity index (χ2v) is 2.61.